The molecule has 2 heteroatoms. The highest BCUT2D eigenvalue weighted by molar-refractivity contribution is 4.77. The molecule has 0 bridgehead atoms. The molecule has 1 rings (SSSR count). The highest BCUT2D eigenvalue weighted by Crippen LogP contribution is 2.29. The normalized spacial score (nSPS) is 22.3. The van der Waals surface area contributed by atoms with E-state index in [1.165, 1.54) is 13.0 Å². The van der Waals surface area contributed by atoms with E-state index in [1.54, 1.807) is 0 Å². The van der Waals surface area contributed by atoms with Gasteiger partial charge in [-0.15, -0.1) is 0 Å². The van der Waals surface area contributed by atoms with Crippen LogP contribution in [0.2, 0.25) is 0 Å². The fourth-order valence-corrected chi connectivity index (χ4v) is 2.11. The third kappa shape index (κ3) is 3.58. The first-order valence-electron chi connectivity index (χ1n) is 5.84. The molecular formula is C12H25NO. The Hall–Kier alpha value is -0.0800. The van der Waals surface area contributed by atoms with Gasteiger partial charge in [0.2, 0.25) is 0 Å². The Morgan fingerprint density at radius 1 is 1.21 bits per heavy atom. The molecule has 1 atom stereocenters. The highest BCUT2D eigenvalue weighted by Gasteiger charge is 2.25. The van der Waals surface area contributed by atoms with Crippen LogP contribution in [-0.2, 0) is 4.74 Å². The van der Waals surface area contributed by atoms with Crippen molar-refractivity contribution in [2.24, 2.45) is 11.3 Å². The number of morpholine rings is 1. The Kier molecular flexibility index (Phi) is 4.39. The monoisotopic (exact) mass is 199 g/mol. The first-order valence-corrected chi connectivity index (χ1v) is 5.84. The lowest BCUT2D eigenvalue weighted by molar-refractivity contribution is 0.0196. The quantitative estimate of drug-likeness (QED) is 0.692. The van der Waals surface area contributed by atoms with Gasteiger partial charge < -0.3 is 4.74 Å². The summed E-state index contributed by atoms with van der Waals surface area (Å²) < 4.78 is 5.36. The standard InChI is InChI=1S/C12H25NO/c1-5-11(12(2,3)4)10-13-6-8-14-9-7-13/h11H,5-10H2,1-4H3. The van der Waals surface area contributed by atoms with Crippen molar-refractivity contribution in [3.05, 3.63) is 0 Å². The minimum Gasteiger partial charge on any atom is -0.379 e. The average molecular weight is 199 g/mol. The van der Waals surface area contributed by atoms with Crippen LogP contribution in [0, 0.1) is 11.3 Å². The molecule has 84 valence electrons. The van der Waals surface area contributed by atoms with Crippen molar-refractivity contribution in [3.8, 4) is 0 Å². The zero-order chi connectivity index (χ0) is 10.6. The molecule has 0 aliphatic carbocycles. The van der Waals surface area contributed by atoms with Gasteiger partial charge in [-0.1, -0.05) is 34.1 Å². The number of nitrogens with zero attached hydrogens (tertiary/aromatic N) is 1. The molecule has 0 saturated carbocycles. The van der Waals surface area contributed by atoms with Gasteiger partial charge in [0.1, 0.15) is 0 Å². The molecule has 0 aromatic rings. The lowest BCUT2D eigenvalue weighted by Crippen LogP contribution is -2.41. The van der Waals surface area contributed by atoms with Crippen LogP contribution < -0.4 is 0 Å². The van der Waals surface area contributed by atoms with E-state index >= 15 is 0 Å². The van der Waals surface area contributed by atoms with Crippen molar-refractivity contribution in [1.82, 2.24) is 4.90 Å². The molecule has 2 nitrogen and oxygen atoms in total. The van der Waals surface area contributed by atoms with Gasteiger partial charge in [0.15, 0.2) is 0 Å². The predicted molar refractivity (Wildman–Crippen MR) is 60.5 cm³/mol. The Morgan fingerprint density at radius 2 is 1.79 bits per heavy atom. The summed E-state index contributed by atoms with van der Waals surface area (Å²) in [6, 6.07) is 0. The van der Waals surface area contributed by atoms with Crippen molar-refractivity contribution >= 4 is 0 Å². The van der Waals surface area contributed by atoms with Crippen molar-refractivity contribution in [3.63, 3.8) is 0 Å². The average Bonchev–Trinajstić information content (AvgIpc) is 2.14. The third-order valence-electron chi connectivity index (χ3n) is 3.30. The summed E-state index contributed by atoms with van der Waals surface area (Å²) >= 11 is 0. The molecule has 1 saturated heterocycles. The smallest absolute Gasteiger partial charge is 0.0594 e. The lowest BCUT2D eigenvalue weighted by atomic mass is 9.79. The lowest BCUT2D eigenvalue weighted by Gasteiger charge is -2.36. The van der Waals surface area contributed by atoms with E-state index in [0.29, 0.717) is 5.41 Å². The molecular weight excluding hydrogens is 174 g/mol. The second-order valence-electron chi connectivity index (χ2n) is 5.38. The van der Waals surface area contributed by atoms with Crippen LogP contribution in [0.1, 0.15) is 34.1 Å². The number of hydrogen-bond acceptors (Lipinski definition) is 2. The van der Waals surface area contributed by atoms with Gasteiger partial charge in [-0.2, -0.15) is 0 Å². The summed E-state index contributed by atoms with van der Waals surface area (Å²) in [6.07, 6.45) is 1.28. The Bertz CT molecular complexity index is 156. The number of rotatable bonds is 3. The van der Waals surface area contributed by atoms with Crippen molar-refractivity contribution in [1.29, 1.82) is 0 Å². The highest BCUT2D eigenvalue weighted by atomic mass is 16.5. The molecule has 1 fully saturated rings. The molecule has 1 aliphatic heterocycles. The summed E-state index contributed by atoms with van der Waals surface area (Å²) in [5.41, 5.74) is 0.438. The van der Waals surface area contributed by atoms with Crippen molar-refractivity contribution < 1.29 is 4.74 Å². The van der Waals surface area contributed by atoms with E-state index in [2.05, 4.69) is 32.6 Å². The summed E-state index contributed by atoms with van der Waals surface area (Å²) in [6.45, 7) is 14.7. The molecule has 1 heterocycles. The van der Waals surface area contributed by atoms with Crippen LogP contribution in [0.25, 0.3) is 0 Å². The molecule has 0 radical (unpaired) electrons. The fourth-order valence-electron chi connectivity index (χ4n) is 2.11. The van der Waals surface area contributed by atoms with Crippen LogP contribution >= 0.6 is 0 Å². The van der Waals surface area contributed by atoms with Gasteiger partial charge in [0, 0.05) is 19.6 Å². The van der Waals surface area contributed by atoms with Crippen molar-refractivity contribution in [2.45, 2.75) is 34.1 Å². The minimum atomic E-state index is 0.438. The van der Waals surface area contributed by atoms with Gasteiger partial charge in [-0.25, -0.2) is 0 Å². The van der Waals surface area contributed by atoms with E-state index in [0.717, 1.165) is 32.2 Å². The summed E-state index contributed by atoms with van der Waals surface area (Å²) in [5, 5.41) is 0. The summed E-state index contributed by atoms with van der Waals surface area (Å²) in [4.78, 5) is 2.54. The van der Waals surface area contributed by atoms with Crippen LogP contribution in [0.3, 0.4) is 0 Å². The maximum absolute atomic E-state index is 5.36. The zero-order valence-corrected chi connectivity index (χ0v) is 10.2. The molecule has 0 aromatic carbocycles. The Labute approximate surface area is 88.6 Å². The zero-order valence-electron chi connectivity index (χ0n) is 10.2. The maximum Gasteiger partial charge on any atom is 0.0594 e. The maximum atomic E-state index is 5.36. The van der Waals surface area contributed by atoms with E-state index < -0.39 is 0 Å². The SMILES string of the molecule is CCC(CN1CCOCC1)C(C)(C)C. The summed E-state index contributed by atoms with van der Waals surface area (Å²) in [7, 11) is 0. The van der Waals surface area contributed by atoms with Crippen LogP contribution in [0.4, 0.5) is 0 Å². The van der Waals surface area contributed by atoms with E-state index in [1.807, 2.05) is 0 Å². The summed E-state index contributed by atoms with van der Waals surface area (Å²) in [5.74, 6) is 0.806. The Balaban J connectivity index is 2.39. The van der Waals surface area contributed by atoms with Gasteiger partial charge in [0.25, 0.3) is 0 Å². The molecule has 0 amide bonds. The first-order chi connectivity index (χ1) is 6.54. The van der Waals surface area contributed by atoms with Crippen LogP contribution in [-0.4, -0.2) is 37.7 Å². The number of hydrogen-bond donors (Lipinski definition) is 0. The third-order valence-corrected chi connectivity index (χ3v) is 3.30. The van der Waals surface area contributed by atoms with E-state index in [4.69, 9.17) is 4.74 Å². The topological polar surface area (TPSA) is 12.5 Å². The van der Waals surface area contributed by atoms with Crippen molar-refractivity contribution in [2.75, 3.05) is 32.8 Å². The van der Waals surface area contributed by atoms with E-state index in [9.17, 15) is 0 Å². The minimum absolute atomic E-state index is 0.438. The Morgan fingerprint density at radius 3 is 2.21 bits per heavy atom. The van der Waals surface area contributed by atoms with Gasteiger partial charge in [-0.05, 0) is 11.3 Å². The molecule has 0 N–H and O–H groups in total. The molecule has 0 spiro atoms. The largest absolute Gasteiger partial charge is 0.379 e. The molecule has 1 unspecified atom stereocenters. The second-order valence-corrected chi connectivity index (χ2v) is 5.38. The molecule has 1 aliphatic rings. The first kappa shape index (κ1) is 12.0. The predicted octanol–water partition coefficient (Wildman–Crippen LogP) is 2.39. The van der Waals surface area contributed by atoms with Gasteiger partial charge in [0.05, 0.1) is 13.2 Å². The molecule has 0 aromatic heterocycles. The fraction of sp³-hybridized carbons (Fsp3) is 1.00. The second kappa shape index (κ2) is 5.13. The van der Waals surface area contributed by atoms with Gasteiger partial charge >= 0.3 is 0 Å². The van der Waals surface area contributed by atoms with Crippen LogP contribution in [0.15, 0.2) is 0 Å². The number of ether oxygens (including phenoxy) is 1. The van der Waals surface area contributed by atoms with E-state index in [-0.39, 0.29) is 0 Å². The van der Waals surface area contributed by atoms with Gasteiger partial charge in [-0.3, -0.25) is 4.90 Å². The molecule has 14 heavy (non-hydrogen) atoms. The van der Waals surface area contributed by atoms with Crippen LogP contribution in [0.5, 0.6) is 0 Å².